The molecule has 13 aromatic carbocycles. The van der Waals surface area contributed by atoms with Gasteiger partial charge in [0, 0.05) is 63.6 Å². The Balaban J connectivity index is 1.21. The fraction of sp³-hybridized carbons (Fsp3) is 0. The number of para-hydroxylation sites is 2. The molecule has 0 amide bonds. The lowest BCUT2D eigenvalue weighted by Gasteiger charge is -2.26. The van der Waals surface area contributed by atoms with Crippen LogP contribution >= 0.6 is 22.7 Å². The van der Waals surface area contributed by atoms with Crippen molar-refractivity contribution in [3.63, 3.8) is 0 Å². The molecule has 0 aliphatic heterocycles. The van der Waals surface area contributed by atoms with Gasteiger partial charge in [-0.2, -0.15) is 5.26 Å². The maximum Gasteiger partial charge on any atom is 0.220 e. The minimum atomic E-state index is 0.386. The van der Waals surface area contributed by atoms with Crippen LogP contribution in [0.2, 0.25) is 0 Å². The molecule has 0 saturated heterocycles. The Hall–Kier alpha value is -11.1. The summed E-state index contributed by atoms with van der Waals surface area (Å²) in [6.07, 6.45) is 0. The van der Waals surface area contributed by atoms with Crippen LogP contribution in [0.3, 0.4) is 0 Å². The molecule has 86 heavy (non-hydrogen) atoms. The lowest BCUT2D eigenvalue weighted by atomic mass is 9.87. The highest BCUT2D eigenvalue weighted by Crippen LogP contribution is 2.57. The number of rotatable bonds is 8. The first-order valence-corrected chi connectivity index (χ1v) is 30.5. The highest BCUT2D eigenvalue weighted by atomic mass is 32.1. The van der Waals surface area contributed by atoms with Crippen molar-refractivity contribution in [3.8, 4) is 84.2 Å². The van der Waals surface area contributed by atoms with Crippen molar-refractivity contribution >= 4 is 112 Å². The molecule has 0 spiro atoms. The van der Waals surface area contributed by atoms with Crippen molar-refractivity contribution in [2.75, 3.05) is 0 Å². The van der Waals surface area contributed by atoms with E-state index < -0.39 is 0 Å². The Kier molecular flexibility index (Phi) is 11.4. The first-order chi connectivity index (χ1) is 42.6. The number of nitriles is 1. The monoisotopic (exact) mass is 1130 g/mol. The van der Waals surface area contributed by atoms with Gasteiger partial charge in [0.2, 0.25) is 5.69 Å². The largest absolute Gasteiger partial charge is 0.318 e. The summed E-state index contributed by atoms with van der Waals surface area (Å²) in [5, 5.41) is 21.9. The molecule has 0 radical (unpaired) electrons. The van der Waals surface area contributed by atoms with E-state index in [0.717, 1.165) is 125 Å². The Morgan fingerprint density at radius 2 is 0.721 bits per heavy atom. The van der Waals surface area contributed by atoms with Gasteiger partial charge in [-0.1, -0.05) is 231 Å². The predicted octanol–water partition coefficient (Wildman–Crippen LogP) is 23.0. The number of aromatic nitrogens is 2. The zero-order chi connectivity index (χ0) is 57.0. The predicted molar refractivity (Wildman–Crippen MR) is 364 cm³/mol. The molecule has 0 aliphatic rings. The number of hydrogen-bond donors (Lipinski definition) is 0. The summed E-state index contributed by atoms with van der Waals surface area (Å²) >= 11 is 3.61. The van der Waals surface area contributed by atoms with Gasteiger partial charge in [-0.25, -0.2) is 4.85 Å². The Labute approximate surface area is 503 Å². The van der Waals surface area contributed by atoms with Crippen LogP contribution in [0, 0.1) is 17.9 Å². The second-order valence-electron chi connectivity index (χ2n) is 22.0. The lowest BCUT2D eigenvalue weighted by Crippen LogP contribution is -2.09. The van der Waals surface area contributed by atoms with Crippen LogP contribution in [0.4, 0.5) is 5.69 Å². The van der Waals surface area contributed by atoms with Crippen LogP contribution in [0.15, 0.2) is 279 Å². The lowest BCUT2D eigenvalue weighted by molar-refractivity contribution is 1.14. The van der Waals surface area contributed by atoms with Gasteiger partial charge in [-0.15, -0.1) is 22.7 Å². The van der Waals surface area contributed by atoms with Crippen LogP contribution in [-0.4, -0.2) is 9.13 Å². The zero-order valence-corrected chi connectivity index (χ0v) is 47.8. The SMILES string of the molecule is [C-]#[N+]c1c(-c2cccc(-c3ccccc3)c2)c(C#N)c(-n2c3c4sc5ccccc5c4cc(-c4ccccc4)c3c3c(-c4ccccc4)cc4c5ccccc5sc4c32)c(-c2cccc(-c3ccccc3)c2)c1-n1c2ccccc2c2ccccc21. The minimum Gasteiger partial charge on any atom is -0.318 e. The Bertz CT molecular complexity index is 5490. The average molecular weight is 1130 g/mol. The van der Waals surface area contributed by atoms with Crippen molar-refractivity contribution in [2.45, 2.75) is 0 Å². The molecule has 4 aromatic heterocycles. The molecule has 0 atom stereocenters. The standard InChI is InChI=1S/C80H46N4S2/c1-82-74-70(55-34-22-32-53(44-55)49-24-6-2-7-25-49)65(48-81)75(71(56-35-23-33-54(45-56)50-26-8-3-9-27-50)76(74)83-66-40-18-14-36-57(66)58-37-15-19-41-67(58)83)84-77-72(61(51-28-10-4-11-29-51)46-63-59-38-16-20-42-68(59)85-79(63)77)73-62(52-30-12-5-13-31-52)47-64-60-39-17-21-43-69(60)86-80(64)78(73)84/h2-47H. The van der Waals surface area contributed by atoms with E-state index in [1.165, 1.54) is 20.2 Å². The Morgan fingerprint density at radius 1 is 0.337 bits per heavy atom. The molecule has 398 valence electrons. The summed E-state index contributed by atoms with van der Waals surface area (Å²) in [7, 11) is 0. The first kappa shape index (κ1) is 49.5. The number of fused-ring (bicyclic) bond motifs is 14. The summed E-state index contributed by atoms with van der Waals surface area (Å²) in [6, 6.07) is 102. The van der Waals surface area contributed by atoms with Crippen LogP contribution in [-0.2, 0) is 0 Å². The van der Waals surface area contributed by atoms with Crippen molar-refractivity contribution in [1.29, 1.82) is 5.26 Å². The first-order valence-electron chi connectivity index (χ1n) is 28.8. The van der Waals surface area contributed by atoms with Crippen molar-refractivity contribution in [3.05, 3.63) is 296 Å². The molecule has 0 saturated carbocycles. The van der Waals surface area contributed by atoms with Crippen molar-refractivity contribution < 1.29 is 0 Å². The van der Waals surface area contributed by atoms with E-state index in [2.05, 4.69) is 288 Å². The molecule has 0 N–H and O–H groups in total. The van der Waals surface area contributed by atoms with Crippen LogP contribution in [0.5, 0.6) is 0 Å². The number of hydrogen-bond acceptors (Lipinski definition) is 3. The fourth-order valence-corrected chi connectivity index (χ4v) is 16.1. The molecule has 0 unspecified atom stereocenters. The molecular formula is C80H46N4S2. The van der Waals surface area contributed by atoms with Gasteiger partial charge in [0.15, 0.2) is 0 Å². The smallest absolute Gasteiger partial charge is 0.220 e. The number of benzene rings is 13. The topological polar surface area (TPSA) is 38.0 Å². The van der Waals surface area contributed by atoms with Crippen LogP contribution in [0.25, 0.3) is 167 Å². The van der Waals surface area contributed by atoms with E-state index in [4.69, 9.17) is 4.85 Å². The third-order valence-corrected chi connectivity index (χ3v) is 19.7. The van der Waals surface area contributed by atoms with Gasteiger partial charge in [-0.05, 0) is 104 Å². The quantitative estimate of drug-likeness (QED) is 0.140. The minimum absolute atomic E-state index is 0.386. The highest BCUT2D eigenvalue weighted by Gasteiger charge is 2.35. The molecule has 0 fully saturated rings. The summed E-state index contributed by atoms with van der Waals surface area (Å²) in [6.45, 7) is 9.81. The maximum atomic E-state index is 12.9. The summed E-state index contributed by atoms with van der Waals surface area (Å²) in [5.41, 5.74) is 17.6. The normalized spacial score (nSPS) is 11.7. The third kappa shape index (κ3) is 7.45. The third-order valence-electron chi connectivity index (χ3n) is 17.3. The van der Waals surface area contributed by atoms with E-state index >= 15 is 0 Å². The van der Waals surface area contributed by atoms with Crippen LogP contribution < -0.4 is 0 Å². The molecule has 17 aromatic rings. The van der Waals surface area contributed by atoms with Gasteiger partial charge in [0.05, 0.1) is 55.0 Å². The summed E-state index contributed by atoms with van der Waals surface area (Å²) in [5.74, 6) is 0. The van der Waals surface area contributed by atoms with Gasteiger partial charge in [0.1, 0.15) is 6.07 Å². The van der Waals surface area contributed by atoms with E-state index in [1.807, 2.05) is 6.07 Å². The summed E-state index contributed by atoms with van der Waals surface area (Å²) < 4.78 is 9.42. The van der Waals surface area contributed by atoms with Crippen LogP contribution in [0.1, 0.15) is 5.56 Å². The average Bonchev–Trinajstić information content (AvgIpc) is 1.52. The Morgan fingerprint density at radius 3 is 1.17 bits per heavy atom. The molecule has 4 heterocycles. The second kappa shape index (κ2) is 19.8. The van der Waals surface area contributed by atoms with E-state index in [9.17, 15) is 11.8 Å². The van der Waals surface area contributed by atoms with E-state index in [1.54, 1.807) is 22.7 Å². The molecular weight excluding hydrogens is 1080 g/mol. The molecule has 0 bridgehead atoms. The molecule has 0 aliphatic carbocycles. The fourth-order valence-electron chi connectivity index (χ4n) is 13.7. The highest BCUT2D eigenvalue weighted by molar-refractivity contribution is 7.27. The van der Waals surface area contributed by atoms with Crippen molar-refractivity contribution in [1.82, 2.24) is 9.13 Å². The second-order valence-corrected chi connectivity index (χ2v) is 24.1. The zero-order valence-electron chi connectivity index (χ0n) is 46.2. The van der Waals surface area contributed by atoms with Crippen molar-refractivity contribution in [2.24, 2.45) is 0 Å². The maximum absolute atomic E-state index is 12.9. The van der Waals surface area contributed by atoms with Gasteiger partial charge in [0.25, 0.3) is 0 Å². The number of nitrogens with zero attached hydrogens (tertiary/aromatic N) is 4. The number of thiophene rings is 2. The van der Waals surface area contributed by atoms with Gasteiger partial charge in [-0.3, -0.25) is 0 Å². The van der Waals surface area contributed by atoms with Gasteiger partial charge >= 0.3 is 0 Å². The summed E-state index contributed by atoms with van der Waals surface area (Å²) in [4.78, 5) is 4.78. The molecule has 6 heteroatoms. The van der Waals surface area contributed by atoms with E-state index in [0.29, 0.717) is 28.2 Å². The molecule has 4 nitrogen and oxygen atoms in total. The van der Waals surface area contributed by atoms with E-state index in [-0.39, 0.29) is 0 Å². The van der Waals surface area contributed by atoms with Gasteiger partial charge < -0.3 is 9.13 Å². The molecule has 17 rings (SSSR count).